The van der Waals surface area contributed by atoms with Gasteiger partial charge in [-0.25, -0.2) is 4.79 Å². The Labute approximate surface area is 79.7 Å². The molecule has 0 fully saturated rings. The molecule has 0 aromatic rings. The Morgan fingerprint density at radius 2 is 2.08 bits per heavy atom. The molecule has 2 atom stereocenters. The van der Waals surface area contributed by atoms with Gasteiger partial charge in [-0.05, 0) is 13.8 Å². The van der Waals surface area contributed by atoms with Crippen molar-refractivity contribution in [3.8, 4) is 0 Å². The Bertz CT molecular complexity index is 166. The van der Waals surface area contributed by atoms with E-state index < -0.39 is 6.10 Å². The normalized spacial score (nSPS) is 14.7. The highest BCUT2D eigenvalue weighted by molar-refractivity contribution is 5.75. The number of carbonyl (C=O) groups excluding carboxylic acids is 1. The molecule has 0 aliphatic rings. The van der Waals surface area contributed by atoms with Gasteiger partial charge in [0.2, 0.25) is 0 Å². The Balaban J connectivity index is 4.21. The zero-order valence-corrected chi connectivity index (χ0v) is 8.58. The van der Waals surface area contributed by atoms with Crippen LogP contribution in [-0.2, 0) is 14.3 Å². The number of hydrogen-bond acceptors (Lipinski definition) is 3. The van der Waals surface area contributed by atoms with Crippen LogP contribution in [0.15, 0.2) is 12.7 Å². The quantitative estimate of drug-likeness (QED) is 0.468. The van der Waals surface area contributed by atoms with Gasteiger partial charge < -0.3 is 9.47 Å². The van der Waals surface area contributed by atoms with Crippen LogP contribution in [0.4, 0.5) is 0 Å². The monoisotopic (exact) mass is 186 g/mol. The van der Waals surface area contributed by atoms with E-state index in [9.17, 15) is 4.79 Å². The van der Waals surface area contributed by atoms with Gasteiger partial charge in [0.25, 0.3) is 0 Å². The Morgan fingerprint density at radius 3 is 2.46 bits per heavy atom. The van der Waals surface area contributed by atoms with E-state index in [4.69, 9.17) is 9.47 Å². The smallest absolute Gasteiger partial charge is 0.335 e. The maximum absolute atomic E-state index is 11.3. The second kappa shape index (κ2) is 6.66. The number of carbonyl (C=O) groups is 1. The predicted octanol–water partition coefficient (Wildman–Crippen LogP) is 1.78. The summed E-state index contributed by atoms with van der Waals surface area (Å²) in [5.74, 6) is -0.323. The summed E-state index contributed by atoms with van der Waals surface area (Å²) in [5, 5.41) is 0. The maximum atomic E-state index is 11.3. The number of ether oxygens (including phenoxy) is 2. The summed E-state index contributed by atoms with van der Waals surface area (Å²) >= 11 is 0. The van der Waals surface area contributed by atoms with E-state index in [1.165, 1.54) is 0 Å². The Morgan fingerprint density at radius 1 is 1.46 bits per heavy atom. The molecule has 13 heavy (non-hydrogen) atoms. The first-order chi connectivity index (χ1) is 6.17. The molecular formula is C10H18O3. The summed E-state index contributed by atoms with van der Waals surface area (Å²) in [6, 6.07) is 0. The van der Waals surface area contributed by atoms with Gasteiger partial charge in [-0.15, -0.1) is 6.58 Å². The van der Waals surface area contributed by atoms with Crippen molar-refractivity contribution in [2.75, 3.05) is 13.2 Å². The molecule has 0 rings (SSSR count). The van der Waals surface area contributed by atoms with Crippen molar-refractivity contribution in [2.45, 2.75) is 26.9 Å². The summed E-state index contributed by atoms with van der Waals surface area (Å²) < 4.78 is 10.1. The molecule has 3 nitrogen and oxygen atoms in total. The fraction of sp³-hybridized carbons (Fsp3) is 0.700. The first-order valence-electron chi connectivity index (χ1n) is 4.58. The molecule has 0 spiro atoms. The summed E-state index contributed by atoms with van der Waals surface area (Å²) in [4.78, 5) is 11.3. The molecule has 0 bridgehead atoms. The van der Waals surface area contributed by atoms with Gasteiger partial charge in [0.1, 0.15) is 0 Å². The average Bonchev–Trinajstić information content (AvgIpc) is 2.13. The summed E-state index contributed by atoms with van der Waals surface area (Å²) in [5.41, 5.74) is 0. The number of hydrogen-bond donors (Lipinski definition) is 0. The third kappa shape index (κ3) is 4.08. The van der Waals surface area contributed by atoms with Crippen LogP contribution in [0.1, 0.15) is 20.8 Å². The van der Waals surface area contributed by atoms with Crippen molar-refractivity contribution >= 4 is 5.97 Å². The molecule has 0 aliphatic carbocycles. The van der Waals surface area contributed by atoms with Crippen LogP contribution in [0.5, 0.6) is 0 Å². The van der Waals surface area contributed by atoms with Crippen LogP contribution in [0.3, 0.4) is 0 Å². The van der Waals surface area contributed by atoms with E-state index in [1.54, 1.807) is 13.0 Å². The molecule has 3 heteroatoms. The van der Waals surface area contributed by atoms with Gasteiger partial charge in [-0.3, -0.25) is 0 Å². The zero-order chi connectivity index (χ0) is 10.3. The van der Waals surface area contributed by atoms with Crippen LogP contribution in [0.2, 0.25) is 0 Å². The molecule has 0 heterocycles. The van der Waals surface area contributed by atoms with Crippen molar-refractivity contribution in [1.82, 2.24) is 0 Å². The summed E-state index contributed by atoms with van der Waals surface area (Å²) in [6.45, 7) is 10.0. The van der Waals surface area contributed by atoms with E-state index in [-0.39, 0.29) is 11.9 Å². The van der Waals surface area contributed by atoms with E-state index in [0.29, 0.717) is 13.2 Å². The molecular weight excluding hydrogens is 168 g/mol. The first-order valence-corrected chi connectivity index (χ1v) is 4.58. The second-order valence-electron chi connectivity index (χ2n) is 2.72. The Kier molecular flexibility index (Phi) is 6.24. The van der Waals surface area contributed by atoms with Crippen molar-refractivity contribution in [2.24, 2.45) is 5.92 Å². The first kappa shape index (κ1) is 12.2. The molecule has 2 unspecified atom stereocenters. The fourth-order valence-corrected chi connectivity index (χ4v) is 0.962. The third-order valence-electron chi connectivity index (χ3n) is 1.71. The zero-order valence-electron chi connectivity index (χ0n) is 8.58. The van der Waals surface area contributed by atoms with Crippen LogP contribution < -0.4 is 0 Å². The third-order valence-corrected chi connectivity index (χ3v) is 1.71. The van der Waals surface area contributed by atoms with Crippen LogP contribution in [-0.4, -0.2) is 25.3 Å². The summed E-state index contributed by atoms with van der Waals surface area (Å²) in [7, 11) is 0. The minimum atomic E-state index is -0.512. The molecule has 0 saturated heterocycles. The SMILES string of the molecule is C=CC(C)C(OCC)C(=O)OCC. The highest BCUT2D eigenvalue weighted by Gasteiger charge is 2.24. The molecule has 0 radical (unpaired) electrons. The fourth-order valence-electron chi connectivity index (χ4n) is 0.962. The lowest BCUT2D eigenvalue weighted by Gasteiger charge is -2.19. The average molecular weight is 186 g/mol. The number of esters is 1. The lowest BCUT2D eigenvalue weighted by molar-refractivity contribution is -0.158. The summed E-state index contributed by atoms with van der Waals surface area (Å²) in [6.07, 6.45) is 1.18. The molecule has 0 N–H and O–H groups in total. The minimum absolute atomic E-state index is 0.0148. The molecule has 0 saturated carbocycles. The van der Waals surface area contributed by atoms with Gasteiger partial charge in [-0.1, -0.05) is 13.0 Å². The van der Waals surface area contributed by atoms with Crippen molar-refractivity contribution in [3.63, 3.8) is 0 Å². The van der Waals surface area contributed by atoms with Crippen molar-refractivity contribution in [1.29, 1.82) is 0 Å². The minimum Gasteiger partial charge on any atom is -0.464 e. The lowest BCUT2D eigenvalue weighted by atomic mass is 10.1. The maximum Gasteiger partial charge on any atom is 0.335 e. The van der Waals surface area contributed by atoms with E-state index >= 15 is 0 Å². The topological polar surface area (TPSA) is 35.5 Å². The predicted molar refractivity (Wildman–Crippen MR) is 51.4 cm³/mol. The molecule has 0 aliphatic heterocycles. The van der Waals surface area contributed by atoms with Crippen LogP contribution in [0, 0.1) is 5.92 Å². The highest BCUT2D eigenvalue weighted by atomic mass is 16.6. The van der Waals surface area contributed by atoms with Gasteiger partial charge >= 0.3 is 5.97 Å². The van der Waals surface area contributed by atoms with Gasteiger partial charge in [0, 0.05) is 12.5 Å². The second-order valence-corrected chi connectivity index (χ2v) is 2.72. The van der Waals surface area contributed by atoms with Gasteiger partial charge in [-0.2, -0.15) is 0 Å². The molecule has 0 amide bonds. The van der Waals surface area contributed by atoms with Crippen molar-refractivity contribution in [3.05, 3.63) is 12.7 Å². The number of rotatable bonds is 6. The Hall–Kier alpha value is -0.830. The molecule has 76 valence electrons. The van der Waals surface area contributed by atoms with Crippen LogP contribution >= 0.6 is 0 Å². The highest BCUT2D eigenvalue weighted by Crippen LogP contribution is 2.10. The molecule has 0 aromatic carbocycles. The largest absolute Gasteiger partial charge is 0.464 e. The van der Waals surface area contributed by atoms with E-state index in [1.807, 2.05) is 13.8 Å². The molecule has 0 aromatic heterocycles. The van der Waals surface area contributed by atoms with E-state index in [2.05, 4.69) is 6.58 Å². The van der Waals surface area contributed by atoms with Gasteiger partial charge in [0.15, 0.2) is 6.10 Å². The van der Waals surface area contributed by atoms with Gasteiger partial charge in [0.05, 0.1) is 6.61 Å². The van der Waals surface area contributed by atoms with Crippen LogP contribution in [0.25, 0.3) is 0 Å². The standard InChI is InChI=1S/C10H18O3/c1-5-8(4)9(12-6-2)10(11)13-7-3/h5,8-9H,1,6-7H2,2-4H3. The lowest BCUT2D eigenvalue weighted by Crippen LogP contribution is -2.32. The van der Waals surface area contributed by atoms with E-state index in [0.717, 1.165) is 0 Å². The van der Waals surface area contributed by atoms with Crippen molar-refractivity contribution < 1.29 is 14.3 Å².